The van der Waals surface area contributed by atoms with Crippen molar-refractivity contribution in [1.29, 1.82) is 0 Å². The molecule has 1 amide bonds. The van der Waals surface area contributed by atoms with Crippen LogP contribution >= 0.6 is 0 Å². The molecule has 14 nitrogen and oxygen atoms in total. The second kappa shape index (κ2) is 18.7. The standard InChI is InChI=1S/C47H60N4O10Si2/c1-46(2,3)62(7,8)60-56-31-40-38(59-61-63(9,10)47(4,5)6)28-41(58-40)50-29-39-43(49-44(50)52)51(55-27-26-48-45(53)54-30-32-18-12-11-13-19-32)42-36(24-17-25-37(42)57-39)35-23-16-21-33-20-14-15-22-34(33)35/h11-25,29,38,40-41H,26-28,30-31H2,1-10H3,(H,48,53)/t38-,40+,41+/m0/s1. The number of hydrogen-bond donors (Lipinski definition) is 1. The van der Waals surface area contributed by atoms with Gasteiger partial charge in [0.05, 0.1) is 12.8 Å². The number of rotatable bonds is 15. The molecule has 0 spiro atoms. The largest absolute Gasteiger partial charge is 0.449 e. The van der Waals surface area contributed by atoms with Crippen molar-refractivity contribution in [3.63, 3.8) is 0 Å². The summed E-state index contributed by atoms with van der Waals surface area (Å²) >= 11 is 0. The number of nitrogens with zero attached hydrogens (tertiary/aromatic N) is 3. The molecule has 0 saturated carbocycles. The lowest BCUT2D eigenvalue weighted by Crippen LogP contribution is -2.44. The highest BCUT2D eigenvalue weighted by Gasteiger charge is 2.45. The third-order valence-corrected chi connectivity index (χ3v) is 20.7. The van der Waals surface area contributed by atoms with Crippen molar-refractivity contribution < 1.29 is 42.8 Å². The second-order valence-electron chi connectivity index (χ2n) is 19.0. The zero-order chi connectivity index (χ0) is 45.2. The number of fused-ring (bicyclic) bond motifs is 3. The first-order valence-corrected chi connectivity index (χ1v) is 27.2. The number of alkyl carbamates (subject to hydrolysis) is 1. The molecule has 0 radical (unpaired) electrons. The van der Waals surface area contributed by atoms with Crippen LogP contribution in [0.15, 0.2) is 102 Å². The maximum atomic E-state index is 14.2. The highest BCUT2D eigenvalue weighted by Crippen LogP contribution is 2.51. The van der Waals surface area contributed by atoms with Gasteiger partial charge in [0.15, 0.2) is 11.5 Å². The molecule has 3 atom stereocenters. The van der Waals surface area contributed by atoms with E-state index >= 15 is 0 Å². The highest BCUT2D eigenvalue weighted by atomic mass is 28.4. The highest BCUT2D eigenvalue weighted by molar-refractivity contribution is 6.74. The van der Waals surface area contributed by atoms with Crippen LogP contribution in [-0.2, 0) is 39.8 Å². The maximum absolute atomic E-state index is 14.2. The first kappa shape index (κ1) is 46.1. The van der Waals surface area contributed by atoms with Crippen molar-refractivity contribution >= 4 is 45.0 Å². The van der Waals surface area contributed by atoms with Gasteiger partial charge in [-0.3, -0.25) is 18.6 Å². The lowest BCUT2D eigenvalue weighted by atomic mass is 9.96. The van der Waals surface area contributed by atoms with Crippen LogP contribution in [0.5, 0.6) is 11.5 Å². The van der Waals surface area contributed by atoms with Gasteiger partial charge in [-0.15, -0.1) is 0 Å². The lowest BCUT2D eigenvalue weighted by molar-refractivity contribution is -0.290. The van der Waals surface area contributed by atoms with Crippen molar-refractivity contribution in [3.8, 4) is 22.6 Å². The van der Waals surface area contributed by atoms with E-state index in [0.29, 0.717) is 11.4 Å². The van der Waals surface area contributed by atoms with Crippen LogP contribution in [0, 0.1) is 0 Å². The Kier molecular flexibility index (Phi) is 13.7. The molecular weight excluding hydrogens is 837 g/mol. The second-order valence-corrected chi connectivity index (χ2v) is 28.4. The van der Waals surface area contributed by atoms with E-state index < -0.39 is 46.9 Å². The van der Waals surface area contributed by atoms with Crippen molar-refractivity contribution in [2.75, 3.05) is 24.8 Å². The van der Waals surface area contributed by atoms with Crippen LogP contribution in [-0.4, -0.2) is 64.2 Å². The molecule has 1 aromatic heterocycles. The molecule has 4 aromatic carbocycles. The number of benzene rings is 4. The predicted molar refractivity (Wildman–Crippen MR) is 247 cm³/mol. The Morgan fingerprint density at radius 2 is 1.49 bits per heavy atom. The smallest absolute Gasteiger partial charge is 0.407 e. The summed E-state index contributed by atoms with van der Waals surface area (Å²) in [5, 5.41) is 6.15. The van der Waals surface area contributed by atoms with Gasteiger partial charge in [-0.2, -0.15) is 10.0 Å². The van der Waals surface area contributed by atoms with E-state index in [2.05, 4.69) is 96.2 Å². The van der Waals surface area contributed by atoms with Crippen LogP contribution in [0.25, 0.3) is 21.9 Å². The number of amides is 1. The number of hydrogen-bond acceptors (Lipinski definition) is 12. The summed E-state index contributed by atoms with van der Waals surface area (Å²) < 4.78 is 32.2. The number of ether oxygens (including phenoxy) is 3. The van der Waals surface area contributed by atoms with Crippen LogP contribution < -0.4 is 20.8 Å². The Hall–Kier alpha value is -4.92. The van der Waals surface area contributed by atoms with Crippen molar-refractivity contribution in [2.45, 2.75) is 109 Å². The average molecular weight is 897 g/mol. The lowest BCUT2D eigenvalue weighted by Gasteiger charge is -2.36. The van der Waals surface area contributed by atoms with Gasteiger partial charge >= 0.3 is 11.8 Å². The van der Waals surface area contributed by atoms with E-state index in [1.807, 2.05) is 72.8 Å². The summed E-state index contributed by atoms with van der Waals surface area (Å²) in [6, 6.07) is 29.3. The third-order valence-electron chi connectivity index (χ3n) is 12.4. The van der Waals surface area contributed by atoms with E-state index in [1.54, 1.807) is 6.20 Å². The van der Waals surface area contributed by atoms with Gasteiger partial charge in [-0.05, 0) is 64.2 Å². The number of aromatic nitrogens is 2. The van der Waals surface area contributed by atoms with Gasteiger partial charge in [0.2, 0.25) is 22.5 Å². The van der Waals surface area contributed by atoms with Crippen molar-refractivity contribution in [3.05, 3.63) is 113 Å². The zero-order valence-corrected chi connectivity index (χ0v) is 39.9. The molecule has 1 N–H and O–H groups in total. The van der Waals surface area contributed by atoms with Crippen molar-refractivity contribution in [1.82, 2.24) is 14.9 Å². The van der Waals surface area contributed by atoms with Gasteiger partial charge < -0.3 is 19.5 Å². The van der Waals surface area contributed by atoms with Gasteiger partial charge in [-0.25, -0.2) is 19.4 Å². The molecule has 1 fully saturated rings. The summed E-state index contributed by atoms with van der Waals surface area (Å²) in [7, 11) is -4.59. The molecule has 336 valence electrons. The monoisotopic (exact) mass is 896 g/mol. The van der Waals surface area contributed by atoms with Gasteiger partial charge in [0, 0.05) is 18.5 Å². The number of nitrogens with one attached hydrogen (secondary N) is 1. The van der Waals surface area contributed by atoms with E-state index in [0.717, 1.165) is 27.5 Å². The molecule has 5 aromatic rings. The normalized spacial score (nSPS) is 17.9. The molecule has 3 heterocycles. The maximum Gasteiger partial charge on any atom is 0.407 e. The Labute approximate surface area is 371 Å². The fourth-order valence-corrected chi connectivity index (χ4v) is 7.80. The summed E-state index contributed by atoms with van der Waals surface area (Å²) in [5.74, 6) is 0.866. The van der Waals surface area contributed by atoms with E-state index in [4.69, 9.17) is 38.0 Å². The van der Waals surface area contributed by atoms with Crippen molar-refractivity contribution in [2.24, 2.45) is 0 Å². The molecule has 16 heteroatoms. The first-order valence-electron chi connectivity index (χ1n) is 21.4. The summed E-state index contributed by atoms with van der Waals surface area (Å²) in [6.45, 7) is 21.5. The Balaban J connectivity index is 1.17. The third kappa shape index (κ3) is 10.4. The molecule has 0 aliphatic carbocycles. The fraction of sp³-hybridized carbons (Fsp3) is 0.426. The summed E-state index contributed by atoms with van der Waals surface area (Å²) in [4.78, 5) is 50.0. The van der Waals surface area contributed by atoms with E-state index in [9.17, 15) is 9.59 Å². The number of carbonyl (C=O) groups is 1. The van der Waals surface area contributed by atoms with Crippen LogP contribution in [0.2, 0.25) is 36.3 Å². The Bertz CT molecular complexity index is 2450. The molecule has 7 rings (SSSR count). The predicted octanol–water partition coefficient (Wildman–Crippen LogP) is 10.7. The van der Waals surface area contributed by atoms with Gasteiger partial charge in [-0.1, -0.05) is 126 Å². The molecule has 1 saturated heterocycles. The Morgan fingerprint density at radius 1 is 0.825 bits per heavy atom. The molecule has 0 bridgehead atoms. The average Bonchev–Trinajstić information content (AvgIpc) is 3.64. The minimum absolute atomic E-state index is 0.00552. The summed E-state index contributed by atoms with van der Waals surface area (Å²) in [6.07, 6.45) is -0.781. The minimum Gasteiger partial charge on any atom is -0.449 e. The summed E-state index contributed by atoms with van der Waals surface area (Å²) in [5.41, 5.74) is 2.53. The fourth-order valence-electron chi connectivity index (χ4n) is 6.58. The molecule has 2 aliphatic rings. The van der Waals surface area contributed by atoms with Gasteiger partial charge in [0.25, 0.3) is 0 Å². The number of carbonyl (C=O) groups excluding carboxylic acids is 1. The molecule has 0 unspecified atom stereocenters. The van der Waals surface area contributed by atoms with Crippen LogP contribution in [0.1, 0.15) is 59.8 Å². The molecular formula is C47H60N4O10Si2. The molecule has 2 aliphatic heterocycles. The molecule has 63 heavy (non-hydrogen) atoms. The van der Waals surface area contributed by atoms with Crippen LogP contribution in [0.3, 0.4) is 0 Å². The topological polar surface area (TPSA) is 141 Å². The SMILES string of the molecule is CC(C)(C)[Si](C)(C)OOC[C@H]1O[C@@H](n2cc3c(nc2=O)N(OCCNC(=O)OCc2ccccc2)c2c(cccc2-c2cccc4ccccc24)O3)C[C@@H]1OO[Si](C)(C)C(C)(C)C. The van der Waals surface area contributed by atoms with E-state index in [-0.39, 0.29) is 54.4 Å². The first-order chi connectivity index (χ1) is 29.8. The minimum atomic E-state index is -2.34. The zero-order valence-electron chi connectivity index (χ0n) is 37.9. The van der Waals surface area contributed by atoms with Gasteiger partial charge in [0.1, 0.15) is 37.3 Å². The van der Waals surface area contributed by atoms with E-state index in [1.165, 1.54) is 9.63 Å². The quantitative estimate of drug-likeness (QED) is 0.0463. The number of anilines is 2. The Morgan fingerprint density at radius 3 is 2.24 bits per heavy atom. The van der Waals surface area contributed by atoms with Crippen LogP contribution in [0.4, 0.5) is 16.3 Å². The number of para-hydroxylation sites is 1.